The van der Waals surface area contributed by atoms with Crippen molar-refractivity contribution in [2.24, 2.45) is 11.8 Å². The summed E-state index contributed by atoms with van der Waals surface area (Å²) in [7, 11) is 0. The Morgan fingerprint density at radius 3 is 3.09 bits per heavy atom. The molecule has 64 valence electrons. The molecule has 0 spiro atoms. The molecule has 0 aliphatic carbocycles. The lowest BCUT2D eigenvalue weighted by Crippen LogP contribution is -2.21. The van der Waals surface area contributed by atoms with Crippen LogP contribution < -0.4 is 0 Å². The van der Waals surface area contributed by atoms with Crippen LogP contribution in [0.4, 0.5) is 0 Å². The average Bonchev–Trinajstić information content (AvgIpc) is 2.30. The molecule has 1 aliphatic rings. The van der Waals surface area contributed by atoms with Gasteiger partial charge in [0, 0.05) is 6.58 Å². The fourth-order valence-corrected chi connectivity index (χ4v) is 1.68. The lowest BCUT2D eigenvalue weighted by Gasteiger charge is -2.20. The first-order valence-corrected chi connectivity index (χ1v) is 4.33. The minimum atomic E-state index is -0.294. The van der Waals surface area contributed by atoms with Crippen LogP contribution >= 0.6 is 0 Å². The summed E-state index contributed by atoms with van der Waals surface area (Å²) in [5, 5.41) is 0. The van der Waals surface area contributed by atoms with Crippen molar-refractivity contribution >= 4 is 0 Å². The molecule has 0 aromatic heterocycles. The fraction of sp³-hybridized carbons (Fsp3) is 0.800. The molecule has 1 rings (SSSR count). The molecule has 11 heavy (non-hydrogen) atoms. The van der Waals surface area contributed by atoms with Gasteiger partial charge in [0.25, 0.3) is 0 Å². The van der Waals surface area contributed by atoms with Gasteiger partial charge < -0.3 is 4.74 Å². The SMILES string of the molecule is [3H][C@@H]1C[C@H](C)[C@@H]([C@H](C)CC=C)O1. The lowest BCUT2D eigenvalue weighted by atomic mass is 9.91. The lowest BCUT2D eigenvalue weighted by molar-refractivity contribution is 0.0524. The highest BCUT2D eigenvalue weighted by molar-refractivity contribution is 4.82. The van der Waals surface area contributed by atoms with Crippen LogP contribution in [-0.2, 0) is 4.74 Å². The maximum absolute atomic E-state index is 7.47. The van der Waals surface area contributed by atoms with Crippen LogP contribution in [0.1, 0.15) is 28.1 Å². The molecule has 0 aromatic rings. The minimum Gasteiger partial charge on any atom is -0.378 e. The molecule has 1 heteroatoms. The number of allylic oxidation sites excluding steroid dienone is 1. The van der Waals surface area contributed by atoms with Crippen LogP contribution in [0, 0.1) is 11.8 Å². The Balaban J connectivity index is 2.45. The number of hydrogen-bond acceptors (Lipinski definition) is 1. The highest BCUT2D eigenvalue weighted by atomic mass is 16.5. The van der Waals surface area contributed by atoms with Crippen LogP contribution in [0.3, 0.4) is 0 Å². The van der Waals surface area contributed by atoms with Gasteiger partial charge in [0.05, 0.1) is 7.47 Å². The number of hydrogen-bond donors (Lipinski definition) is 0. The Bertz CT molecular complexity index is 158. The fourth-order valence-electron chi connectivity index (χ4n) is 1.68. The Morgan fingerprint density at radius 1 is 1.91 bits per heavy atom. The van der Waals surface area contributed by atoms with Gasteiger partial charge in [-0.15, -0.1) is 6.58 Å². The topological polar surface area (TPSA) is 9.23 Å². The van der Waals surface area contributed by atoms with E-state index in [1.54, 1.807) is 0 Å². The van der Waals surface area contributed by atoms with E-state index in [2.05, 4.69) is 20.4 Å². The molecular formula is C10H18O. The summed E-state index contributed by atoms with van der Waals surface area (Å²) in [6, 6.07) is 0. The first-order chi connectivity index (χ1) is 5.65. The van der Waals surface area contributed by atoms with Gasteiger partial charge in [0.1, 0.15) is 0 Å². The molecule has 1 fully saturated rings. The van der Waals surface area contributed by atoms with Gasteiger partial charge in [0.2, 0.25) is 0 Å². The predicted octanol–water partition coefficient (Wildman–Crippen LogP) is 2.62. The molecule has 0 aromatic carbocycles. The van der Waals surface area contributed by atoms with Gasteiger partial charge in [-0.05, 0) is 24.7 Å². The van der Waals surface area contributed by atoms with E-state index < -0.39 is 0 Å². The Hall–Kier alpha value is -0.300. The summed E-state index contributed by atoms with van der Waals surface area (Å²) in [6.07, 6.45) is 4.07. The van der Waals surface area contributed by atoms with Gasteiger partial charge in [-0.3, -0.25) is 0 Å². The zero-order chi connectivity index (χ0) is 9.14. The van der Waals surface area contributed by atoms with E-state index in [4.69, 9.17) is 6.11 Å². The molecule has 0 radical (unpaired) electrons. The molecule has 1 heterocycles. The molecule has 4 atom stereocenters. The van der Waals surface area contributed by atoms with Crippen molar-refractivity contribution in [2.75, 3.05) is 6.58 Å². The highest BCUT2D eigenvalue weighted by Gasteiger charge is 2.28. The molecule has 1 aliphatic heterocycles. The van der Waals surface area contributed by atoms with E-state index in [-0.39, 0.29) is 12.7 Å². The predicted molar refractivity (Wildman–Crippen MR) is 47.5 cm³/mol. The first kappa shape index (κ1) is 7.35. The van der Waals surface area contributed by atoms with E-state index in [0.717, 1.165) is 12.8 Å². The standard InChI is InChI=1S/C10H18O/c1-4-5-8(2)10-9(3)6-7-11-10/h4,8-10H,1,5-7H2,2-3H3/t8-,9+,10-/m1/s1/i7T/t7-,8-,9+,10-. The van der Waals surface area contributed by atoms with Gasteiger partial charge in [-0.2, -0.15) is 0 Å². The molecule has 1 saturated heterocycles. The molecule has 0 saturated carbocycles. The maximum Gasteiger partial charge on any atom is 0.0629 e. The Morgan fingerprint density at radius 2 is 2.64 bits per heavy atom. The van der Waals surface area contributed by atoms with E-state index >= 15 is 0 Å². The van der Waals surface area contributed by atoms with E-state index in [9.17, 15) is 0 Å². The summed E-state index contributed by atoms with van der Waals surface area (Å²) in [5.41, 5.74) is 0. The second kappa shape index (κ2) is 3.91. The minimum absolute atomic E-state index is 0.269. The zero-order valence-corrected chi connectivity index (χ0v) is 7.42. The van der Waals surface area contributed by atoms with Crippen LogP contribution in [0.25, 0.3) is 0 Å². The summed E-state index contributed by atoms with van der Waals surface area (Å²) in [4.78, 5) is 0. The highest BCUT2D eigenvalue weighted by Crippen LogP contribution is 2.27. The largest absolute Gasteiger partial charge is 0.378 e. The van der Waals surface area contributed by atoms with Gasteiger partial charge in [-0.1, -0.05) is 19.9 Å². The van der Waals surface area contributed by atoms with Crippen molar-refractivity contribution in [3.8, 4) is 0 Å². The van der Waals surface area contributed by atoms with E-state index in [1.807, 2.05) is 6.08 Å². The third kappa shape index (κ3) is 2.06. The van der Waals surface area contributed by atoms with Gasteiger partial charge in [-0.25, -0.2) is 0 Å². The molecule has 0 N–H and O–H groups in total. The van der Waals surface area contributed by atoms with E-state index in [0.29, 0.717) is 11.8 Å². The van der Waals surface area contributed by atoms with Crippen LogP contribution in [0.2, 0.25) is 0 Å². The zero-order valence-electron chi connectivity index (χ0n) is 8.42. The van der Waals surface area contributed by atoms with Crippen molar-refractivity contribution in [3.05, 3.63) is 12.7 Å². The smallest absolute Gasteiger partial charge is 0.0629 e. The molecule has 0 amide bonds. The summed E-state index contributed by atoms with van der Waals surface area (Å²) < 4.78 is 13.0. The van der Waals surface area contributed by atoms with Crippen LogP contribution in [-0.4, -0.2) is 12.7 Å². The average molecular weight is 156 g/mol. The molecule has 0 unspecified atom stereocenters. The number of rotatable bonds is 3. The second-order valence-electron chi connectivity index (χ2n) is 3.48. The molecule has 0 bridgehead atoms. The van der Waals surface area contributed by atoms with E-state index in [1.165, 1.54) is 0 Å². The normalized spacial score (nSPS) is 41.6. The van der Waals surface area contributed by atoms with Gasteiger partial charge >= 0.3 is 0 Å². The maximum atomic E-state index is 7.47. The van der Waals surface area contributed by atoms with Crippen LogP contribution in [0.5, 0.6) is 0 Å². The first-order valence-electron chi connectivity index (χ1n) is 4.91. The third-order valence-corrected chi connectivity index (χ3v) is 2.38. The molecule has 1 nitrogen and oxygen atoms in total. The number of ether oxygens (including phenoxy) is 1. The summed E-state index contributed by atoms with van der Waals surface area (Å²) in [5.74, 6) is 1.04. The Kier molecular flexibility index (Phi) is 2.62. The summed E-state index contributed by atoms with van der Waals surface area (Å²) in [6.45, 7) is 7.75. The van der Waals surface area contributed by atoms with Crippen molar-refractivity contribution in [2.45, 2.75) is 32.8 Å². The van der Waals surface area contributed by atoms with Crippen molar-refractivity contribution in [1.82, 2.24) is 0 Å². The Labute approximate surface area is 70.8 Å². The van der Waals surface area contributed by atoms with Crippen molar-refractivity contribution in [1.29, 1.82) is 0 Å². The monoisotopic (exact) mass is 156 g/mol. The van der Waals surface area contributed by atoms with Crippen molar-refractivity contribution in [3.63, 3.8) is 0 Å². The third-order valence-electron chi connectivity index (χ3n) is 2.38. The van der Waals surface area contributed by atoms with Crippen LogP contribution in [0.15, 0.2) is 12.7 Å². The quantitative estimate of drug-likeness (QED) is 0.571. The second-order valence-corrected chi connectivity index (χ2v) is 3.48. The summed E-state index contributed by atoms with van der Waals surface area (Å²) >= 11 is 0. The molecular weight excluding hydrogens is 136 g/mol. The van der Waals surface area contributed by atoms with Gasteiger partial charge in [0.15, 0.2) is 0 Å². The van der Waals surface area contributed by atoms with Crippen molar-refractivity contribution < 1.29 is 6.11 Å².